The lowest BCUT2D eigenvalue weighted by Crippen LogP contribution is -1.85. The number of hydrogen-bond donors (Lipinski definition) is 1. The van der Waals surface area contributed by atoms with Crippen LogP contribution in [0.2, 0.25) is 0 Å². The molecule has 3 aromatic rings. The van der Waals surface area contributed by atoms with Crippen molar-refractivity contribution in [2.75, 3.05) is 7.11 Å². The summed E-state index contributed by atoms with van der Waals surface area (Å²) < 4.78 is 5.16. The molecule has 0 unspecified atom stereocenters. The van der Waals surface area contributed by atoms with E-state index < -0.39 is 0 Å². The maximum atomic E-state index is 5.16. The van der Waals surface area contributed by atoms with Crippen molar-refractivity contribution in [3.8, 4) is 28.3 Å². The molecule has 94 valence electrons. The van der Waals surface area contributed by atoms with E-state index in [9.17, 15) is 0 Å². The Balaban J connectivity index is 2.04. The van der Waals surface area contributed by atoms with Gasteiger partial charge in [-0.25, -0.2) is 0 Å². The van der Waals surface area contributed by atoms with Crippen molar-refractivity contribution in [2.24, 2.45) is 0 Å². The first-order valence-electron chi connectivity index (χ1n) is 5.99. The van der Waals surface area contributed by atoms with Gasteiger partial charge in [-0.2, -0.15) is 15.4 Å². The first-order valence-corrected chi connectivity index (χ1v) is 5.99. The van der Waals surface area contributed by atoms with E-state index in [1.54, 1.807) is 7.11 Å². The van der Waals surface area contributed by atoms with E-state index in [0.29, 0.717) is 0 Å². The topological polar surface area (TPSA) is 50.8 Å². The van der Waals surface area contributed by atoms with Crippen LogP contribution in [0.1, 0.15) is 0 Å². The Bertz CT molecular complexity index is 659. The minimum Gasteiger partial charge on any atom is -0.497 e. The standard InChI is InChI=1S/C15H13N3O/c1-19-13-9-7-12(8-10-13)15-14(16-18-17-15)11-5-3-2-4-6-11/h2-10H,1H3,(H,16,17,18). The van der Waals surface area contributed by atoms with Gasteiger partial charge >= 0.3 is 0 Å². The summed E-state index contributed by atoms with van der Waals surface area (Å²) in [4.78, 5) is 0. The zero-order chi connectivity index (χ0) is 13.1. The second kappa shape index (κ2) is 4.94. The van der Waals surface area contributed by atoms with Crippen molar-refractivity contribution in [2.45, 2.75) is 0 Å². The Morgan fingerprint density at radius 3 is 1.95 bits per heavy atom. The molecule has 2 aromatic carbocycles. The molecule has 1 heterocycles. The first kappa shape index (κ1) is 11.5. The summed E-state index contributed by atoms with van der Waals surface area (Å²) in [6.45, 7) is 0. The quantitative estimate of drug-likeness (QED) is 0.778. The maximum absolute atomic E-state index is 5.16. The molecule has 0 amide bonds. The number of ether oxygens (including phenoxy) is 1. The predicted octanol–water partition coefficient (Wildman–Crippen LogP) is 3.15. The molecule has 0 saturated carbocycles. The number of nitrogens with zero attached hydrogens (tertiary/aromatic N) is 2. The predicted molar refractivity (Wildman–Crippen MR) is 73.8 cm³/mol. The van der Waals surface area contributed by atoms with Crippen LogP contribution in [0.4, 0.5) is 0 Å². The molecule has 0 spiro atoms. The lowest BCUT2D eigenvalue weighted by molar-refractivity contribution is 0.415. The molecule has 19 heavy (non-hydrogen) atoms. The molecule has 0 atom stereocenters. The third-order valence-corrected chi connectivity index (χ3v) is 2.96. The van der Waals surface area contributed by atoms with Crippen LogP contribution in [0.5, 0.6) is 5.75 Å². The Labute approximate surface area is 111 Å². The summed E-state index contributed by atoms with van der Waals surface area (Å²) >= 11 is 0. The van der Waals surface area contributed by atoms with Crippen LogP contribution in [0, 0.1) is 0 Å². The summed E-state index contributed by atoms with van der Waals surface area (Å²) in [5.41, 5.74) is 3.75. The number of nitrogens with one attached hydrogen (secondary N) is 1. The van der Waals surface area contributed by atoms with Crippen LogP contribution < -0.4 is 4.74 Å². The van der Waals surface area contributed by atoms with Crippen molar-refractivity contribution in [1.29, 1.82) is 0 Å². The van der Waals surface area contributed by atoms with E-state index in [1.165, 1.54) is 0 Å². The number of rotatable bonds is 3. The third kappa shape index (κ3) is 2.20. The zero-order valence-electron chi connectivity index (χ0n) is 10.5. The van der Waals surface area contributed by atoms with E-state index in [-0.39, 0.29) is 0 Å². The highest BCUT2D eigenvalue weighted by molar-refractivity contribution is 5.77. The lowest BCUT2D eigenvalue weighted by atomic mass is 10.1. The molecule has 0 fully saturated rings. The van der Waals surface area contributed by atoms with Crippen molar-refractivity contribution >= 4 is 0 Å². The van der Waals surface area contributed by atoms with Gasteiger partial charge in [-0.3, -0.25) is 0 Å². The monoisotopic (exact) mass is 251 g/mol. The summed E-state index contributed by atoms with van der Waals surface area (Å²) in [5, 5.41) is 11.2. The van der Waals surface area contributed by atoms with Crippen molar-refractivity contribution in [3.05, 3.63) is 54.6 Å². The Morgan fingerprint density at radius 2 is 1.37 bits per heavy atom. The fraction of sp³-hybridized carbons (Fsp3) is 0.0667. The molecule has 4 nitrogen and oxygen atoms in total. The molecule has 0 bridgehead atoms. The van der Waals surface area contributed by atoms with Gasteiger partial charge in [-0.15, -0.1) is 0 Å². The number of benzene rings is 2. The molecular formula is C15H13N3O. The minimum absolute atomic E-state index is 0.827. The van der Waals surface area contributed by atoms with Gasteiger partial charge in [0.1, 0.15) is 17.1 Å². The highest BCUT2D eigenvalue weighted by Crippen LogP contribution is 2.28. The highest BCUT2D eigenvalue weighted by atomic mass is 16.5. The number of aromatic amines is 1. The lowest BCUT2D eigenvalue weighted by Gasteiger charge is -2.03. The van der Waals surface area contributed by atoms with E-state index >= 15 is 0 Å². The average Bonchev–Trinajstić information content (AvgIpc) is 2.98. The van der Waals surface area contributed by atoms with Crippen molar-refractivity contribution in [1.82, 2.24) is 15.4 Å². The normalized spacial score (nSPS) is 10.4. The van der Waals surface area contributed by atoms with Crippen LogP contribution in [0.25, 0.3) is 22.5 Å². The van der Waals surface area contributed by atoms with Crippen LogP contribution in [-0.2, 0) is 0 Å². The molecule has 1 aromatic heterocycles. The van der Waals surface area contributed by atoms with Crippen LogP contribution in [0.3, 0.4) is 0 Å². The van der Waals surface area contributed by atoms with Crippen LogP contribution in [0.15, 0.2) is 54.6 Å². The van der Waals surface area contributed by atoms with E-state index in [4.69, 9.17) is 4.74 Å². The van der Waals surface area contributed by atoms with E-state index in [0.717, 1.165) is 28.3 Å². The summed E-state index contributed by atoms with van der Waals surface area (Å²) in [6.07, 6.45) is 0. The molecule has 3 rings (SSSR count). The molecular weight excluding hydrogens is 238 g/mol. The fourth-order valence-corrected chi connectivity index (χ4v) is 1.98. The van der Waals surface area contributed by atoms with Crippen molar-refractivity contribution in [3.63, 3.8) is 0 Å². The molecule has 0 aliphatic carbocycles. The minimum atomic E-state index is 0.827. The highest BCUT2D eigenvalue weighted by Gasteiger charge is 2.11. The number of H-pyrrole nitrogens is 1. The molecule has 0 saturated heterocycles. The van der Waals surface area contributed by atoms with Crippen molar-refractivity contribution < 1.29 is 4.74 Å². The van der Waals surface area contributed by atoms with Gasteiger partial charge in [0.2, 0.25) is 0 Å². The van der Waals surface area contributed by atoms with Gasteiger partial charge in [0.05, 0.1) is 7.11 Å². The van der Waals surface area contributed by atoms with Gasteiger partial charge in [0.25, 0.3) is 0 Å². The Kier molecular flexibility index (Phi) is 2.98. The zero-order valence-corrected chi connectivity index (χ0v) is 10.5. The van der Waals surface area contributed by atoms with Gasteiger partial charge in [0, 0.05) is 11.1 Å². The van der Waals surface area contributed by atoms with Gasteiger partial charge in [-0.05, 0) is 24.3 Å². The smallest absolute Gasteiger partial charge is 0.120 e. The third-order valence-electron chi connectivity index (χ3n) is 2.96. The Hall–Kier alpha value is -2.62. The molecule has 0 aliphatic rings. The maximum Gasteiger partial charge on any atom is 0.120 e. The first-order chi connectivity index (χ1) is 9.38. The van der Waals surface area contributed by atoms with E-state index in [1.807, 2.05) is 54.6 Å². The average molecular weight is 251 g/mol. The molecule has 0 aliphatic heterocycles. The SMILES string of the molecule is COc1ccc(-c2n[nH]nc2-c2ccccc2)cc1. The largest absolute Gasteiger partial charge is 0.497 e. The second-order valence-electron chi connectivity index (χ2n) is 4.12. The Morgan fingerprint density at radius 1 is 0.789 bits per heavy atom. The summed E-state index contributed by atoms with van der Waals surface area (Å²) in [7, 11) is 1.65. The molecule has 0 radical (unpaired) electrons. The van der Waals surface area contributed by atoms with Crippen LogP contribution >= 0.6 is 0 Å². The van der Waals surface area contributed by atoms with Gasteiger partial charge < -0.3 is 4.74 Å². The number of aromatic nitrogens is 3. The number of methoxy groups -OCH3 is 1. The summed E-state index contributed by atoms with van der Waals surface area (Å²) in [5.74, 6) is 0.827. The van der Waals surface area contributed by atoms with Gasteiger partial charge in [-0.1, -0.05) is 30.3 Å². The molecule has 1 N–H and O–H groups in total. The van der Waals surface area contributed by atoms with Crippen LogP contribution in [-0.4, -0.2) is 22.5 Å². The van der Waals surface area contributed by atoms with E-state index in [2.05, 4.69) is 15.4 Å². The molecule has 4 heteroatoms. The van der Waals surface area contributed by atoms with Gasteiger partial charge in [0.15, 0.2) is 0 Å². The summed E-state index contributed by atoms with van der Waals surface area (Å²) in [6, 6.07) is 17.8. The fourth-order valence-electron chi connectivity index (χ4n) is 1.98. The second-order valence-corrected chi connectivity index (χ2v) is 4.12. The number of hydrogen-bond acceptors (Lipinski definition) is 3.